The first-order valence-corrected chi connectivity index (χ1v) is 7.44. The molecule has 0 radical (unpaired) electrons. The highest BCUT2D eigenvalue weighted by atomic mass is 127. The predicted octanol–water partition coefficient (Wildman–Crippen LogP) is 2.27. The highest BCUT2D eigenvalue weighted by Crippen LogP contribution is 2.12. The molecule has 23 heavy (non-hydrogen) atoms. The van der Waals surface area contributed by atoms with E-state index in [4.69, 9.17) is 4.74 Å². The standard InChI is InChI=1S/C16H23N5O.HI/c1-3-17-16(18-9-11-21-10-5-8-20-21)19-13-14-6-4-7-15(12-14)22-2;/h4-8,10,12H,3,9,11,13H2,1-2H3,(H2,17,18,19);1H. The molecule has 0 unspecified atom stereocenters. The molecule has 2 aromatic rings. The van der Waals surface area contributed by atoms with Crippen LogP contribution in [-0.2, 0) is 13.1 Å². The van der Waals surface area contributed by atoms with Gasteiger partial charge >= 0.3 is 0 Å². The molecule has 126 valence electrons. The minimum Gasteiger partial charge on any atom is -0.497 e. The third-order valence-corrected chi connectivity index (χ3v) is 3.09. The van der Waals surface area contributed by atoms with Crippen LogP contribution in [0.25, 0.3) is 0 Å². The Balaban J connectivity index is 0.00000264. The van der Waals surface area contributed by atoms with Gasteiger partial charge in [-0.25, -0.2) is 4.99 Å². The van der Waals surface area contributed by atoms with Crippen LogP contribution in [0.5, 0.6) is 5.75 Å². The first kappa shape index (κ1) is 19.3. The van der Waals surface area contributed by atoms with Gasteiger partial charge in [0.25, 0.3) is 0 Å². The molecule has 0 atom stereocenters. The second kappa shape index (κ2) is 10.9. The first-order valence-electron chi connectivity index (χ1n) is 7.44. The van der Waals surface area contributed by atoms with Crippen LogP contribution < -0.4 is 15.4 Å². The van der Waals surface area contributed by atoms with E-state index in [0.29, 0.717) is 6.54 Å². The van der Waals surface area contributed by atoms with Crippen LogP contribution in [0.1, 0.15) is 12.5 Å². The fourth-order valence-electron chi connectivity index (χ4n) is 2.00. The van der Waals surface area contributed by atoms with Gasteiger partial charge in [0.1, 0.15) is 5.75 Å². The molecule has 1 heterocycles. The number of methoxy groups -OCH3 is 1. The smallest absolute Gasteiger partial charge is 0.191 e. The molecule has 0 amide bonds. The third kappa shape index (κ3) is 6.89. The highest BCUT2D eigenvalue weighted by molar-refractivity contribution is 14.0. The Labute approximate surface area is 154 Å². The van der Waals surface area contributed by atoms with E-state index in [9.17, 15) is 0 Å². The van der Waals surface area contributed by atoms with E-state index in [0.717, 1.165) is 36.9 Å². The molecule has 1 aromatic carbocycles. The van der Waals surface area contributed by atoms with E-state index < -0.39 is 0 Å². The number of hydrogen-bond acceptors (Lipinski definition) is 3. The number of guanidine groups is 1. The molecule has 2 rings (SSSR count). The first-order chi connectivity index (χ1) is 10.8. The minimum atomic E-state index is 0. The molecule has 0 aliphatic rings. The molecule has 0 spiro atoms. The number of nitrogens with zero attached hydrogens (tertiary/aromatic N) is 3. The Morgan fingerprint density at radius 3 is 2.87 bits per heavy atom. The quantitative estimate of drug-likeness (QED) is 0.403. The van der Waals surface area contributed by atoms with Crippen molar-refractivity contribution in [1.82, 2.24) is 20.4 Å². The molecule has 0 aliphatic heterocycles. The van der Waals surface area contributed by atoms with Gasteiger partial charge in [-0.05, 0) is 30.7 Å². The van der Waals surface area contributed by atoms with Crippen molar-refractivity contribution in [2.75, 3.05) is 20.2 Å². The van der Waals surface area contributed by atoms with Gasteiger partial charge in [0.15, 0.2) is 5.96 Å². The minimum absolute atomic E-state index is 0. The van der Waals surface area contributed by atoms with E-state index in [-0.39, 0.29) is 24.0 Å². The number of nitrogens with one attached hydrogen (secondary N) is 2. The third-order valence-electron chi connectivity index (χ3n) is 3.09. The summed E-state index contributed by atoms with van der Waals surface area (Å²) >= 11 is 0. The van der Waals surface area contributed by atoms with Crippen molar-refractivity contribution in [2.45, 2.75) is 20.0 Å². The average Bonchev–Trinajstić information content (AvgIpc) is 3.06. The van der Waals surface area contributed by atoms with Gasteiger partial charge in [-0.15, -0.1) is 24.0 Å². The van der Waals surface area contributed by atoms with Crippen LogP contribution in [0, 0.1) is 0 Å². The second-order valence-corrected chi connectivity index (χ2v) is 4.74. The summed E-state index contributed by atoms with van der Waals surface area (Å²) in [5.74, 6) is 1.65. The Morgan fingerprint density at radius 1 is 1.30 bits per heavy atom. The highest BCUT2D eigenvalue weighted by Gasteiger charge is 1.99. The van der Waals surface area contributed by atoms with Gasteiger partial charge in [-0.2, -0.15) is 5.10 Å². The maximum atomic E-state index is 5.23. The summed E-state index contributed by atoms with van der Waals surface area (Å²) in [5, 5.41) is 10.7. The SMILES string of the molecule is CCNC(=NCc1cccc(OC)c1)NCCn1cccn1.I. The number of aliphatic imine (C=N–C) groups is 1. The number of hydrogen-bond donors (Lipinski definition) is 2. The van der Waals surface area contributed by atoms with Gasteiger partial charge < -0.3 is 15.4 Å². The molecule has 0 saturated carbocycles. The van der Waals surface area contributed by atoms with Crippen LogP contribution >= 0.6 is 24.0 Å². The van der Waals surface area contributed by atoms with Crippen LogP contribution in [0.15, 0.2) is 47.7 Å². The zero-order valence-electron chi connectivity index (χ0n) is 13.5. The summed E-state index contributed by atoms with van der Waals surface area (Å²) < 4.78 is 7.11. The predicted molar refractivity (Wildman–Crippen MR) is 103 cm³/mol. The normalized spacial score (nSPS) is 10.8. The molecule has 0 fully saturated rings. The fraction of sp³-hybridized carbons (Fsp3) is 0.375. The van der Waals surface area contributed by atoms with Crippen LogP contribution in [-0.4, -0.2) is 35.9 Å². The van der Waals surface area contributed by atoms with Crippen LogP contribution in [0.2, 0.25) is 0 Å². The lowest BCUT2D eigenvalue weighted by Crippen LogP contribution is -2.38. The lowest BCUT2D eigenvalue weighted by Gasteiger charge is -2.11. The Bertz CT molecular complexity index is 586. The molecule has 6 nitrogen and oxygen atoms in total. The molecule has 0 aliphatic carbocycles. The topological polar surface area (TPSA) is 63.5 Å². The molecular formula is C16H24IN5O. The molecule has 2 N–H and O–H groups in total. The van der Waals surface area contributed by atoms with Crippen LogP contribution in [0.4, 0.5) is 0 Å². The van der Waals surface area contributed by atoms with Crippen molar-refractivity contribution >= 4 is 29.9 Å². The molecule has 0 bridgehead atoms. The number of halogens is 1. The molecule has 7 heteroatoms. The summed E-state index contributed by atoms with van der Waals surface area (Å²) in [6.45, 7) is 5.05. The second-order valence-electron chi connectivity index (χ2n) is 4.74. The van der Waals surface area contributed by atoms with Crippen LogP contribution in [0.3, 0.4) is 0 Å². The lowest BCUT2D eigenvalue weighted by molar-refractivity contribution is 0.414. The van der Waals surface area contributed by atoms with E-state index in [2.05, 4.69) is 27.6 Å². The number of aromatic nitrogens is 2. The summed E-state index contributed by atoms with van der Waals surface area (Å²) in [5.41, 5.74) is 1.11. The summed E-state index contributed by atoms with van der Waals surface area (Å²) in [7, 11) is 1.67. The molecule has 1 aromatic heterocycles. The molecular weight excluding hydrogens is 405 g/mol. The van der Waals surface area contributed by atoms with Crippen molar-refractivity contribution in [3.05, 3.63) is 48.3 Å². The largest absolute Gasteiger partial charge is 0.497 e. The lowest BCUT2D eigenvalue weighted by atomic mass is 10.2. The number of rotatable bonds is 7. The zero-order valence-corrected chi connectivity index (χ0v) is 15.9. The molecule has 0 saturated heterocycles. The Hall–Kier alpha value is -1.77. The summed E-state index contributed by atoms with van der Waals surface area (Å²) in [4.78, 5) is 4.59. The Morgan fingerprint density at radius 2 is 2.17 bits per heavy atom. The maximum Gasteiger partial charge on any atom is 0.191 e. The van der Waals surface area contributed by atoms with Gasteiger partial charge in [0.2, 0.25) is 0 Å². The van der Waals surface area contributed by atoms with Gasteiger partial charge in [-0.1, -0.05) is 12.1 Å². The average molecular weight is 429 g/mol. The van der Waals surface area contributed by atoms with Crippen molar-refractivity contribution in [2.24, 2.45) is 4.99 Å². The zero-order chi connectivity index (χ0) is 15.6. The monoisotopic (exact) mass is 429 g/mol. The van der Waals surface area contributed by atoms with E-state index in [1.807, 2.05) is 41.2 Å². The number of ether oxygens (including phenoxy) is 1. The van der Waals surface area contributed by atoms with E-state index >= 15 is 0 Å². The van der Waals surface area contributed by atoms with Gasteiger partial charge in [-0.3, -0.25) is 4.68 Å². The maximum absolute atomic E-state index is 5.23. The number of benzene rings is 1. The van der Waals surface area contributed by atoms with Crippen molar-refractivity contribution in [3.8, 4) is 5.75 Å². The van der Waals surface area contributed by atoms with E-state index in [1.54, 1.807) is 13.3 Å². The summed E-state index contributed by atoms with van der Waals surface area (Å²) in [6, 6.07) is 9.86. The van der Waals surface area contributed by atoms with Gasteiger partial charge in [0.05, 0.1) is 20.2 Å². The van der Waals surface area contributed by atoms with E-state index in [1.165, 1.54) is 0 Å². The van der Waals surface area contributed by atoms with Gasteiger partial charge in [0, 0.05) is 25.5 Å². The fourth-order valence-corrected chi connectivity index (χ4v) is 2.00. The van der Waals surface area contributed by atoms with Crippen molar-refractivity contribution < 1.29 is 4.74 Å². The summed E-state index contributed by atoms with van der Waals surface area (Å²) in [6.07, 6.45) is 3.73. The van der Waals surface area contributed by atoms with Crippen molar-refractivity contribution in [3.63, 3.8) is 0 Å². The van der Waals surface area contributed by atoms with Crippen molar-refractivity contribution in [1.29, 1.82) is 0 Å². The Kier molecular flexibility index (Phi) is 9.11.